The standard InChI is InChI=1S/C7H11NO2/c1-7(2,8)5-3-4-6(9)10/h5,8H2,1-2H3,(H,9,10). The van der Waals surface area contributed by atoms with Crippen LogP contribution in [0.2, 0.25) is 0 Å². The summed E-state index contributed by atoms with van der Waals surface area (Å²) >= 11 is 0. The number of carboxylic acid groups (broad SMARTS) is 1. The first-order valence-electron chi connectivity index (χ1n) is 2.92. The molecule has 0 fully saturated rings. The lowest BCUT2D eigenvalue weighted by atomic mass is 10.0. The molecule has 0 heterocycles. The van der Waals surface area contributed by atoms with Gasteiger partial charge in [0.25, 0.3) is 0 Å². The van der Waals surface area contributed by atoms with Crippen LogP contribution in [0.5, 0.6) is 0 Å². The minimum Gasteiger partial charge on any atom is -0.472 e. The minimum atomic E-state index is -1.11. The van der Waals surface area contributed by atoms with E-state index in [2.05, 4.69) is 5.92 Å². The van der Waals surface area contributed by atoms with E-state index in [1.54, 1.807) is 13.8 Å². The Morgan fingerprint density at radius 2 is 2.20 bits per heavy atom. The molecule has 0 aromatic rings. The Bertz CT molecular complexity index is 180. The van der Waals surface area contributed by atoms with Gasteiger partial charge >= 0.3 is 5.97 Å². The van der Waals surface area contributed by atoms with E-state index < -0.39 is 11.5 Å². The quantitative estimate of drug-likeness (QED) is 0.513. The molecule has 0 unspecified atom stereocenters. The van der Waals surface area contributed by atoms with Crippen LogP contribution in [0, 0.1) is 11.8 Å². The van der Waals surface area contributed by atoms with Gasteiger partial charge in [0.1, 0.15) is 0 Å². The molecule has 0 amide bonds. The number of carbonyl (C=O) groups is 1. The van der Waals surface area contributed by atoms with Crippen LogP contribution in [-0.2, 0) is 4.79 Å². The third-order valence-electron chi connectivity index (χ3n) is 0.739. The fraction of sp³-hybridized carbons (Fsp3) is 0.571. The summed E-state index contributed by atoms with van der Waals surface area (Å²) < 4.78 is 0. The van der Waals surface area contributed by atoms with Crippen molar-refractivity contribution in [3.05, 3.63) is 0 Å². The molecule has 0 spiro atoms. The number of carboxylic acids is 1. The summed E-state index contributed by atoms with van der Waals surface area (Å²) in [7, 11) is 0. The molecule has 0 aromatic carbocycles. The first-order valence-corrected chi connectivity index (χ1v) is 2.92. The zero-order valence-electron chi connectivity index (χ0n) is 6.14. The summed E-state index contributed by atoms with van der Waals surface area (Å²) in [5.74, 6) is 3.33. The zero-order chi connectivity index (χ0) is 8.20. The molecule has 3 heteroatoms. The van der Waals surface area contributed by atoms with Crippen LogP contribution in [0.25, 0.3) is 0 Å². The minimum absolute atomic E-state index is 0.400. The van der Waals surface area contributed by atoms with Gasteiger partial charge in [-0.1, -0.05) is 5.92 Å². The Morgan fingerprint density at radius 3 is 2.50 bits per heavy atom. The Labute approximate surface area is 60.2 Å². The summed E-state index contributed by atoms with van der Waals surface area (Å²) in [6.45, 7) is 3.59. The van der Waals surface area contributed by atoms with Crippen molar-refractivity contribution in [1.82, 2.24) is 0 Å². The molecule has 3 N–H and O–H groups in total. The number of hydrogen-bond acceptors (Lipinski definition) is 2. The number of hydrogen-bond donors (Lipinski definition) is 2. The van der Waals surface area contributed by atoms with Gasteiger partial charge in [-0.05, 0) is 13.8 Å². The molecular formula is C7H11NO2. The van der Waals surface area contributed by atoms with Crippen molar-refractivity contribution in [3.8, 4) is 11.8 Å². The molecule has 0 aliphatic rings. The molecule has 56 valence electrons. The highest BCUT2D eigenvalue weighted by Gasteiger charge is 2.06. The molecule has 0 aliphatic carbocycles. The maximum Gasteiger partial charge on any atom is 0.381 e. The second-order valence-electron chi connectivity index (χ2n) is 2.77. The van der Waals surface area contributed by atoms with Crippen molar-refractivity contribution >= 4 is 5.97 Å². The third kappa shape index (κ3) is 6.99. The lowest BCUT2D eigenvalue weighted by Crippen LogP contribution is -2.30. The van der Waals surface area contributed by atoms with Gasteiger partial charge in [0, 0.05) is 17.9 Å². The zero-order valence-corrected chi connectivity index (χ0v) is 6.14. The largest absolute Gasteiger partial charge is 0.472 e. The van der Waals surface area contributed by atoms with Gasteiger partial charge in [0.15, 0.2) is 0 Å². The molecule has 0 aromatic heterocycles. The summed E-state index contributed by atoms with van der Waals surface area (Å²) in [5.41, 5.74) is 5.13. The topological polar surface area (TPSA) is 63.3 Å². The Kier molecular flexibility index (Phi) is 2.91. The van der Waals surface area contributed by atoms with Crippen LogP contribution in [0.3, 0.4) is 0 Å². The van der Waals surface area contributed by atoms with Gasteiger partial charge < -0.3 is 10.8 Å². The Balaban J connectivity index is 3.78. The van der Waals surface area contributed by atoms with E-state index in [0.29, 0.717) is 6.42 Å². The first-order chi connectivity index (χ1) is 4.42. The predicted molar refractivity (Wildman–Crippen MR) is 38.3 cm³/mol. The lowest BCUT2D eigenvalue weighted by molar-refractivity contribution is -0.130. The van der Waals surface area contributed by atoms with E-state index >= 15 is 0 Å². The molecule has 10 heavy (non-hydrogen) atoms. The van der Waals surface area contributed by atoms with Gasteiger partial charge in [0.05, 0.1) is 0 Å². The van der Waals surface area contributed by atoms with Crippen molar-refractivity contribution in [2.45, 2.75) is 25.8 Å². The van der Waals surface area contributed by atoms with E-state index in [4.69, 9.17) is 10.8 Å². The van der Waals surface area contributed by atoms with E-state index in [-0.39, 0.29) is 0 Å². The molecule has 0 radical (unpaired) electrons. The van der Waals surface area contributed by atoms with Crippen LogP contribution < -0.4 is 5.73 Å². The summed E-state index contributed by atoms with van der Waals surface area (Å²) in [5, 5.41) is 8.10. The summed E-state index contributed by atoms with van der Waals surface area (Å²) in [4.78, 5) is 9.87. The average molecular weight is 141 g/mol. The van der Waals surface area contributed by atoms with E-state index in [0.717, 1.165) is 0 Å². The van der Waals surface area contributed by atoms with Crippen LogP contribution in [0.1, 0.15) is 20.3 Å². The monoisotopic (exact) mass is 141 g/mol. The Hall–Kier alpha value is -1.01. The third-order valence-corrected chi connectivity index (χ3v) is 0.739. The molecule has 3 nitrogen and oxygen atoms in total. The van der Waals surface area contributed by atoms with Gasteiger partial charge in [-0.2, -0.15) is 0 Å². The summed E-state index contributed by atoms with van der Waals surface area (Å²) in [6.07, 6.45) is 0.402. The van der Waals surface area contributed by atoms with Gasteiger partial charge in [-0.25, -0.2) is 4.79 Å². The fourth-order valence-corrected chi connectivity index (χ4v) is 0.348. The van der Waals surface area contributed by atoms with E-state index in [9.17, 15) is 4.79 Å². The summed E-state index contributed by atoms with van der Waals surface area (Å²) in [6, 6.07) is 0. The van der Waals surface area contributed by atoms with Crippen LogP contribution in [-0.4, -0.2) is 16.6 Å². The van der Waals surface area contributed by atoms with Crippen molar-refractivity contribution in [2.75, 3.05) is 0 Å². The highest BCUT2D eigenvalue weighted by Crippen LogP contribution is 2.00. The molecular weight excluding hydrogens is 130 g/mol. The number of nitrogens with two attached hydrogens (primary N) is 1. The van der Waals surface area contributed by atoms with Crippen molar-refractivity contribution in [3.63, 3.8) is 0 Å². The number of rotatable bonds is 1. The van der Waals surface area contributed by atoms with Crippen LogP contribution in [0.15, 0.2) is 0 Å². The highest BCUT2D eigenvalue weighted by molar-refractivity contribution is 5.86. The normalized spacial score (nSPS) is 9.90. The van der Waals surface area contributed by atoms with Gasteiger partial charge in [-0.15, -0.1) is 0 Å². The van der Waals surface area contributed by atoms with E-state index in [1.165, 1.54) is 0 Å². The maximum atomic E-state index is 9.87. The van der Waals surface area contributed by atoms with Crippen molar-refractivity contribution < 1.29 is 9.90 Å². The molecule has 0 saturated carbocycles. The van der Waals surface area contributed by atoms with Gasteiger partial charge in [-0.3, -0.25) is 0 Å². The molecule has 0 atom stereocenters. The van der Waals surface area contributed by atoms with Crippen molar-refractivity contribution in [2.24, 2.45) is 5.73 Å². The van der Waals surface area contributed by atoms with Crippen LogP contribution in [0.4, 0.5) is 0 Å². The lowest BCUT2D eigenvalue weighted by Gasteiger charge is -2.12. The van der Waals surface area contributed by atoms with Crippen molar-refractivity contribution in [1.29, 1.82) is 0 Å². The first kappa shape index (κ1) is 8.99. The van der Waals surface area contributed by atoms with E-state index in [1.807, 2.05) is 5.92 Å². The highest BCUT2D eigenvalue weighted by atomic mass is 16.4. The van der Waals surface area contributed by atoms with Crippen LogP contribution >= 0.6 is 0 Å². The smallest absolute Gasteiger partial charge is 0.381 e. The average Bonchev–Trinajstić information content (AvgIpc) is 1.59. The second kappa shape index (κ2) is 3.23. The second-order valence-corrected chi connectivity index (χ2v) is 2.77. The predicted octanol–water partition coefficient (Wildman–Crippen LogP) is 0.202. The van der Waals surface area contributed by atoms with Gasteiger partial charge in [0.2, 0.25) is 0 Å². The molecule has 0 saturated heterocycles. The molecule has 0 aliphatic heterocycles. The Morgan fingerprint density at radius 1 is 1.70 bits per heavy atom. The maximum absolute atomic E-state index is 9.87. The molecule has 0 bridgehead atoms. The molecule has 0 rings (SSSR count). The SMILES string of the molecule is CC(C)(N)CC#CC(=O)O. The fourth-order valence-electron chi connectivity index (χ4n) is 0.348. The number of aliphatic carboxylic acids is 1.